The summed E-state index contributed by atoms with van der Waals surface area (Å²) < 4.78 is 47.2. The van der Waals surface area contributed by atoms with Gasteiger partial charge in [-0.3, -0.25) is 14.1 Å². The monoisotopic (exact) mass is 683 g/mol. The molecule has 262 valence electrons. The van der Waals surface area contributed by atoms with Gasteiger partial charge in [-0.25, -0.2) is 23.1 Å². The first-order valence-electron chi connectivity index (χ1n) is 15.9. The highest BCUT2D eigenvalue weighted by molar-refractivity contribution is 7.48. The van der Waals surface area contributed by atoms with Gasteiger partial charge in [0, 0.05) is 0 Å². The summed E-state index contributed by atoms with van der Waals surface area (Å²) in [6.45, 7) is 5.42. The zero-order chi connectivity index (χ0) is 34.6. The molecule has 1 saturated heterocycles. The number of anilines is 1. The van der Waals surface area contributed by atoms with Gasteiger partial charge < -0.3 is 30.2 Å². The number of ether oxygens (including phenoxy) is 3. The van der Waals surface area contributed by atoms with Gasteiger partial charge in [0.05, 0.1) is 24.1 Å². The maximum absolute atomic E-state index is 13.7. The normalized spacial score (nSPS) is 21.4. The minimum Gasteiger partial charge on any atom is -0.438 e. The van der Waals surface area contributed by atoms with Gasteiger partial charge in [-0.15, -0.1) is 0 Å². The van der Waals surface area contributed by atoms with Crippen LogP contribution in [0.25, 0.3) is 5.52 Å². The standard InChI is InChI=1S/C30H46N5O11P/c1-5-9-20(10-6-2)28(38)41-18-44-47(40,45-19-42-29(39)21(11-7-3)12-8-4)43-15-23-25(36)26(37)30(16-31,46-23)24-14-13-22-27(32)33-17-34-35(22)24/h13-14,17,20-21,23,25-26,36-37H,5-12,15,18-19H2,1-4H3,(H2,32,33,34)/t23-,25-,26-,30+/m1/s1. The molecule has 4 N–H and O–H groups in total. The SMILES string of the molecule is CCCC(CCC)C(=O)OCOP(=O)(OCOC(=O)C(CCC)CCC)OC[C@H]1O[C@@](C#N)(c2ccc3c(N)ncnn23)[C@H](O)[C@@H]1O. The molecule has 4 atom stereocenters. The molecular formula is C30H46N5O11P. The van der Waals surface area contributed by atoms with Gasteiger partial charge in [0.25, 0.3) is 0 Å². The van der Waals surface area contributed by atoms with Crippen molar-refractivity contribution in [2.45, 2.75) is 103 Å². The number of nitrogens with two attached hydrogens (primary N) is 1. The van der Waals surface area contributed by atoms with E-state index in [1.54, 1.807) is 0 Å². The first-order valence-corrected chi connectivity index (χ1v) is 17.4. The maximum Gasteiger partial charge on any atom is 0.480 e. The molecule has 0 aliphatic carbocycles. The van der Waals surface area contributed by atoms with Gasteiger partial charge >= 0.3 is 19.8 Å². The summed E-state index contributed by atoms with van der Waals surface area (Å²) in [5, 5.41) is 36.1. The van der Waals surface area contributed by atoms with Gasteiger partial charge in [-0.2, -0.15) is 10.4 Å². The molecule has 0 spiro atoms. The second kappa shape index (κ2) is 17.8. The third-order valence-corrected chi connectivity index (χ3v) is 9.23. The zero-order valence-electron chi connectivity index (χ0n) is 27.3. The van der Waals surface area contributed by atoms with Gasteiger partial charge in [0.15, 0.2) is 5.82 Å². The predicted molar refractivity (Wildman–Crippen MR) is 166 cm³/mol. The summed E-state index contributed by atoms with van der Waals surface area (Å²) in [5.74, 6) is -1.74. The van der Waals surface area contributed by atoms with Crippen molar-refractivity contribution < 1.29 is 52.1 Å². The van der Waals surface area contributed by atoms with Crippen molar-refractivity contribution in [1.29, 1.82) is 5.26 Å². The van der Waals surface area contributed by atoms with Crippen molar-refractivity contribution in [3.8, 4) is 6.07 Å². The van der Waals surface area contributed by atoms with Crippen molar-refractivity contribution in [3.05, 3.63) is 24.2 Å². The molecular weight excluding hydrogens is 637 g/mol. The topological polar surface area (TPSA) is 227 Å². The van der Waals surface area contributed by atoms with Gasteiger partial charge in [0.1, 0.15) is 36.2 Å². The predicted octanol–water partition coefficient (Wildman–Crippen LogP) is 3.74. The van der Waals surface area contributed by atoms with E-state index in [1.807, 2.05) is 33.8 Å². The third kappa shape index (κ3) is 9.26. The summed E-state index contributed by atoms with van der Waals surface area (Å²) in [6, 6.07) is 4.86. The van der Waals surface area contributed by atoms with Crippen LogP contribution < -0.4 is 5.73 Å². The molecule has 0 radical (unpaired) electrons. The molecule has 16 nitrogen and oxygen atoms in total. The van der Waals surface area contributed by atoms with E-state index in [1.165, 1.54) is 16.6 Å². The molecule has 0 saturated carbocycles. The van der Waals surface area contributed by atoms with Crippen LogP contribution in [0.5, 0.6) is 0 Å². The number of fused-ring (bicyclic) bond motifs is 1. The summed E-state index contributed by atoms with van der Waals surface area (Å²) in [5.41, 5.74) is 4.14. The molecule has 0 unspecified atom stereocenters. The molecule has 2 aromatic heterocycles. The number of nitriles is 1. The maximum atomic E-state index is 13.7. The fraction of sp³-hybridized carbons (Fsp3) is 0.700. The highest BCUT2D eigenvalue weighted by atomic mass is 31.2. The van der Waals surface area contributed by atoms with E-state index in [-0.39, 0.29) is 23.3 Å². The van der Waals surface area contributed by atoms with Crippen LogP contribution in [-0.4, -0.2) is 75.3 Å². The molecule has 2 aromatic rings. The van der Waals surface area contributed by atoms with Crippen LogP contribution in [0.3, 0.4) is 0 Å². The van der Waals surface area contributed by atoms with E-state index < -0.39 is 63.9 Å². The number of aliphatic hydroxyl groups is 2. The Hall–Kier alpha value is -3.16. The Bertz CT molecular complexity index is 1370. The summed E-state index contributed by atoms with van der Waals surface area (Å²) in [6.07, 6.45) is 1.62. The average molecular weight is 684 g/mol. The summed E-state index contributed by atoms with van der Waals surface area (Å²) in [4.78, 5) is 29.1. The van der Waals surface area contributed by atoms with Crippen LogP contribution in [-0.2, 0) is 47.5 Å². The van der Waals surface area contributed by atoms with Crippen LogP contribution in [0.1, 0.15) is 84.8 Å². The van der Waals surface area contributed by atoms with Crippen molar-refractivity contribution in [2.75, 3.05) is 25.9 Å². The second-order valence-electron chi connectivity index (χ2n) is 11.3. The molecule has 1 aliphatic heterocycles. The molecule has 0 bridgehead atoms. The lowest BCUT2D eigenvalue weighted by Gasteiger charge is -2.24. The Labute approximate surface area is 274 Å². The number of rotatable bonds is 20. The van der Waals surface area contributed by atoms with E-state index in [4.69, 9.17) is 33.5 Å². The highest BCUT2D eigenvalue weighted by Crippen LogP contribution is 2.51. The quantitative estimate of drug-likeness (QED) is 0.103. The van der Waals surface area contributed by atoms with Gasteiger partial charge in [0.2, 0.25) is 19.2 Å². The Morgan fingerprint density at radius 2 is 1.53 bits per heavy atom. The molecule has 47 heavy (non-hydrogen) atoms. The van der Waals surface area contributed by atoms with Crippen LogP contribution in [0, 0.1) is 23.2 Å². The van der Waals surface area contributed by atoms with E-state index in [9.17, 15) is 29.6 Å². The van der Waals surface area contributed by atoms with Gasteiger partial charge in [-0.05, 0) is 37.8 Å². The van der Waals surface area contributed by atoms with E-state index in [2.05, 4.69) is 10.1 Å². The number of aromatic nitrogens is 3. The largest absolute Gasteiger partial charge is 0.480 e. The fourth-order valence-corrected chi connectivity index (χ4v) is 6.43. The lowest BCUT2D eigenvalue weighted by molar-refractivity contribution is -0.159. The van der Waals surface area contributed by atoms with Crippen molar-refractivity contribution in [2.24, 2.45) is 11.8 Å². The minimum absolute atomic E-state index is 0.0510. The van der Waals surface area contributed by atoms with Gasteiger partial charge in [-0.1, -0.05) is 53.4 Å². The molecule has 3 rings (SSSR count). The number of phosphoric acid groups is 1. The first-order chi connectivity index (χ1) is 22.5. The number of phosphoric ester groups is 1. The van der Waals surface area contributed by atoms with Crippen LogP contribution in [0.15, 0.2) is 18.5 Å². The summed E-state index contributed by atoms with van der Waals surface area (Å²) in [7, 11) is -4.66. The number of hydrogen-bond donors (Lipinski definition) is 3. The Morgan fingerprint density at radius 3 is 2.02 bits per heavy atom. The third-order valence-electron chi connectivity index (χ3n) is 7.92. The number of nitrogens with zero attached hydrogens (tertiary/aromatic N) is 4. The van der Waals surface area contributed by atoms with E-state index in [0.29, 0.717) is 31.2 Å². The lowest BCUT2D eigenvalue weighted by Crippen LogP contribution is -2.41. The van der Waals surface area contributed by atoms with Crippen LogP contribution >= 0.6 is 7.82 Å². The van der Waals surface area contributed by atoms with Crippen molar-refractivity contribution >= 4 is 31.1 Å². The molecule has 0 amide bonds. The highest BCUT2D eigenvalue weighted by Gasteiger charge is 2.58. The van der Waals surface area contributed by atoms with Crippen molar-refractivity contribution in [3.63, 3.8) is 0 Å². The number of hydrogen-bond acceptors (Lipinski definition) is 15. The number of carbonyl (C=O) groups excluding carboxylic acids is 2. The summed E-state index contributed by atoms with van der Waals surface area (Å²) >= 11 is 0. The zero-order valence-corrected chi connectivity index (χ0v) is 28.2. The molecule has 17 heteroatoms. The van der Waals surface area contributed by atoms with Crippen LogP contribution in [0.4, 0.5) is 5.82 Å². The molecule has 0 aromatic carbocycles. The molecule has 3 heterocycles. The number of carbonyl (C=O) groups is 2. The van der Waals surface area contributed by atoms with Crippen LogP contribution in [0.2, 0.25) is 0 Å². The van der Waals surface area contributed by atoms with Crippen molar-refractivity contribution in [1.82, 2.24) is 14.6 Å². The smallest absolute Gasteiger partial charge is 0.438 e. The average Bonchev–Trinajstić information content (AvgIpc) is 3.60. The minimum atomic E-state index is -4.66. The second-order valence-corrected chi connectivity index (χ2v) is 13.0. The lowest BCUT2D eigenvalue weighted by atomic mass is 9.92. The van der Waals surface area contributed by atoms with E-state index in [0.717, 1.165) is 32.0 Å². The number of nitrogen functional groups attached to an aromatic ring is 1. The Balaban J connectivity index is 1.75. The fourth-order valence-electron chi connectivity index (χ4n) is 5.51. The number of aliphatic hydroxyl groups excluding tert-OH is 2. The Morgan fingerprint density at radius 1 is 1.00 bits per heavy atom. The molecule has 1 aliphatic rings. The Kier molecular flexibility index (Phi) is 14.5. The number of esters is 2. The molecule has 1 fully saturated rings. The van der Waals surface area contributed by atoms with E-state index >= 15 is 0 Å². The first kappa shape index (κ1) is 38.3.